The van der Waals surface area contributed by atoms with E-state index in [1.807, 2.05) is 30.3 Å². The normalized spacial score (nSPS) is 21.0. The van der Waals surface area contributed by atoms with Crippen molar-refractivity contribution in [2.75, 3.05) is 19.7 Å². The van der Waals surface area contributed by atoms with Gasteiger partial charge in [-0.05, 0) is 31.7 Å². The number of urea groups is 1. The van der Waals surface area contributed by atoms with Crippen molar-refractivity contribution in [3.63, 3.8) is 0 Å². The van der Waals surface area contributed by atoms with Crippen LogP contribution in [0, 0.1) is 0 Å². The first-order valence-electron chi connectivity index (χ1n) is 9.72. The zero-order chi connectivity index (χ0) is 21.7. The van der Waals surface area contributed by atoms with Gasteiger partial charge in [-0.1, -0.05) is 30.3 Å². The summed E-state index contributed by atoms with van der Waals surface area (Å²) in [5.41, 5.74) is 2.02. The molecule has 0 saturated carbocycles. The molecular weight excluding hydrogens is 392 g/mol. The Hall–Kier alpha value is -3.43. The van der Waals surface area contributed by atoms with E-state index in [2.05, 4.69) is 10.7 Å². The van der Waals surface area contributed by atoms with Gasteiger partial charge in [0.05, 0.1) is 0 Å². The number of rotatable bonds is 8. The van der Waals surface area contributed by atoms with Crippen molar-refractivity contribution in [1.82, 2.24) is 20.7 Å². The number of nitrogens with one attached hydrogen (secondary N) is 2. The maximum absolute atomic E-state index is 12.7. The van der Waals surface area contributed by atoms with Crippen molar-refractivity contribution in [2.24, 2.45) is 0 Å². The molecule has 10 heteroatoms. The van der Waals surface area contributed by atoms with Gasteiger partial charge in [-0.25, -0.2) is 4.79 Å². The van der Waals surface area contributed by atoms with Gasteiger partial charge >= 0.3 is 12.0 Å². The van der Waals surface area contributed by atoms with Crippen molar-refractivity contribution in [2.45, 2.75) is 38.1 Å². The highest BCUT2D eigenvalue weighted by atomic mass is 16.5. The second-order valence-corrected chi connectivity index (χ2v) is 7.50. The molecule has 2 saturated heterocycles. The van der Waals surface area contributed by atoms with Crippen molar-refractivity contribution >= 4 is 29.7 Å². The van der Waals surface area contributed by atoms with Crippen LogP contribution in [-0.2, 0) is 30.3 Å². The number of hydrazine groups is 1. The maximum Gasteiger partial charge on any atom is 0.344 e. The average molecular weight is 416 g/mol. The zero-order valence-electron chi connectivity index (χ0n) is 16.7. The minimum Gasteiger partial charge on any atom is -0.454 e. The lowest BCUT2D eigenvalue weighted by atomic mass is 9.93. The summed E-state index contributed by atoms with van der Waals surface area (Å²) >= 11 is 0. The van der Waals surface area contributed by atoms with Crippen molar-refractivity contribution in [3.05, 3.63) is 35.9 Å². The summed E-state index contributed by atoms with van der Waals surface area (Å²) in [7, 11) is 0. The SMILES string of the molecule is C[C@@]1(CCc2ccccc2)NC(=O)N(NC(=O)COC(=O)CN2CCCC2=O)C1=O. The number of esters is 1. The van der Waals surface area contributed by atoms with Crippen LogP contribution in [-0.4, -0.2) is 64.9 Å². The number of amides is 5. The van der Waals surface area contributed by atoms with Crippen LogP contribution in [0.25, 0.3) is 0 Å². The van der Waals surface area contributed by atoms with Crippen LogP contribution in [0.15, 0.2) is 30.3 Å². The van der Waals surface area contributed by atoms with Gasteiger partial charge in [-0.15, -0.1) is 0 Å². The quantitative estimate of drug-likeness (QED) is 0.458. The molecule has 0 spiro atoms. The van der Waals surface area contributed by atoms with Crippen LogP contribution in [0.5, 0.6) is 0 Å². The molecule has 1 atom stereocenters. The van der Waals surface area contributed by atoms with Crippen LogP contribution < -0.4 is 10.7 Å². The molecule has 160 valence electrons. The highest BCUT2D eigenvalue weighted by Gasteiger charge is 2.48. The third-order valence-electron chi connectivity index (χ3n) is 5.11. The summed E-state index contributed by atoms with van der Waals surface area (Å²) in [5.74, 6) is -2.28. The Morgan fingerprint density at radius 1 is 1.20 bits per heavy atom. The molecule has 0 unspecified atom stereocenters. The van der Waals surface area contributed by atoms with Gasteiger partial charge in [0.2, 0.25) is 5.91 Å². The number of hydrogen-bond donors (Lipinski definition) is 2. The minimum absolute atomic E-state index is 0.134. The second-order valence-electron chi connectivity index (χ2n) is 7.50. The molecule has 3 rings (SSSR count). The molecule has 2 aliphatic heterocycles. The zero-order valence-corrected chi connectivity index (χ0v) is 16.7. The summed E-state index contributed by atoms with van der Waals surface area (Å²) < 4.78 is 4.84. The fourth-order valence-electron chi connectivity index (χ4n) is 3.37. The first kappa shape index (κ1) is 21.3. The number of carbonyl (C=O) groups is 5. The predicted octanol–water partition coefficient (Wildman–Crippen LogP) is 0.127. The first-order chi connectivity index (χ1) is 14.3. The summed E-state index contributed by atoms with van der Waals surface area (Å²) in [5, 5.41) is 3.20. The molecule has 0 bridgehead atoms. The van der Waals surface area contributed by atoms with Crippen molar-refractivity contribution < 1.29 is 28.7 Å². The summed E-state index contributed by atoms with van der Waals surface area (Å²) in [4.78, 5) is 61.5. The standard InChI is InChI=1S/C20H24N4O6/c1-20(10-9-14-6-3-2-4-7-14)18(28)24(19(29)21-20)22-15(25)13-30-17(27)12-23-11-5-8-16(23)26/h2-4,6-7H,5,8-13H2,1H3,(H,21,29)(H,22,25)/t20-/m0/s1. The van der Waals surface area contributed by atoms with E-state index in [9.17, 15) is 24.0 Å². The van der Waals surface area contributed by atoms with Gasteiger partial charge in [0, 0.05) is 13.0 Å². The Morgan fingerprint density at radius 2 is 1.93 bits per heavy atom. The fourth-order valence-corrected chi connectivity index (χ4v) is 3.37. The maximum atomic E-state index is 12.7. The number of carbonyl (C=O) groups excluding carboxylic acids is 5. The van der Waals surface area contributed by atoms with Gasteiger partial charge in [-0.2, -0.15) is 5.01 Å². The van der Waals surface area contributed by atoms with E-state index in [-0.39, 0.29) is 12.5 Å². The van der Waals surface area contributed by atoms with E-state index in [1.165, 1.54) is 4.90 Å². The summed E-state index contributed by atoms with van der Waals surface area (Å²) in [6, 6.07) is 8.77. The lowest BCUT2D eigenvalue weighted by molar-refractivity contribution is -0.153. The molecule has 10 nitrogen and oxygen atoms in total. The largest absolute Gasteiger partial charge is 0.454 e. The highest BCUT2D eigenvalue weighted by molar-refractivity contribution is 6.07. The lowest BCUT2D eigenvalue weighted by Gasteiger charge is -2.21. The number of ether oxygens (including phenoxy) is 1. The molecule has 2 heterocycles. The molecule has 2 aliphatic rings. The van der Waals surface area contributed by atoms with Gasteiger partial charge in [0.25, 0.3) is 11.8 Å². The van der Waals surface area contributed by atoms with Crippen LogP contribution in [0.3, 0.4) is 0 Å². The van der Waals surface area contributed by atoms with E-state index in [0.29, 0.717) is 37.2 Å². The topological polar surface area (TPSA) is 125 Å². The molecule has 2 N–H and O–H groups in total. The van der Waals surface area contributed by atoms with Gasteiger partial charge < -0.3 is 15.0 Å². The number of imide groups is 1. The molecule has 0 aromatic heterocycles. The Balaban J connectivity index is 1.47. The van der Waals surface area contributed by atoms with Crippen LogP contribution in [0.4, 0.5) is 4.79 Å². The molecule has 1 aromatic carbocycles. The molecule has 0 radical (unpaired) electrons. The Kier molecular flexibility index (Phi) is 6.34. The monoisotopic (exact) mass is 416 g/mol. The van der Waals surface area contributed by atoms with Crippen LogP contribution in [0.1, 0.15) is 31.7 Å². The summed E-state index contributed by atoms with van der Waals surface area (Å²) in [6.45, 7) is 1.17. The molecule has 1 aromatic rings. The third-order valence-corrected chi connectivity index (χ3v) is 5.11. The number of hydrogen-bond acceptors (Lipinski definition) is 6. The van der Waals surface area contributed by atoms with E-state index in [0.717, 1.165) is 5.56 Å². The summed E-state index contributed by atoms with van der Waals surface area (Å²) in [6.07, 6.45) is 2.00. The Morgan fingerprint density at radius 3 is 2.60 bits per heavy atom. The smallest absolute Gasteiger partial charge is 0.344 e. The average Bonchev–Trinajstić information content (AvgIpc) is 3.21. The van der Waals surface area contributed by atoms with E-state index < -0.39 is 36.0 Å². The van der Waals surface area contributed by atoms with Gasteiger partial charge in [0.15, 0.2) is 6.61 Å². The molecule has 0 aliphatic carbocycles. The number of benzene rings is 1. The van der Waals surface area contributed by atoms with Crippen LogP contribution in [0.2, 0.25) is 0 Å². The van der Waals surface area contributed by atoms with E-state index in [4.69, 9.17) is 4.74 Å². The molecule has 2 fully saturated rings. The first-order valence-corrected chi connectivity index (χ1v) is 9.72. The van der Waals surface area contributed by atoms with Crippen molar-refractivity contribution in [3.8, 4) is 0 Å². The van der Waals surface area contributed by atoms with E-state index in [1.54, 1.807) is 6.92 Å². The minimum atomic E-state index is -1.16. The number of aryl methyl sites for hydroxylation is 1. The van der Waals surface area contributed by atoms with Crippen LogP contribution >= 0.6 is 0 Å². The lowest BCUT2D eigenvalue weighted by Crippen LogP contribution is -2.50. The fraction of sp³-hybridized carbons (Fsp3) is 0.450. The molecule has 30 heavy (non-hydrogen) atoms. The third kappa shape index (κ3) is 4.94. The Labute approximate surface area is 173 Å². The number of nitrogens with zero attached hydrogens (tertiary/aromatic N) is 2. The molecular formula is C20H24N4O6. The predicted molar refractivity (Wildman–Crippen MR) is 103 cm³/mol. The number of likely N-dealkylation sites (tertiary alicyclic amines) is 1. The van der Waals surface area contributed by atoms with Gasteiger partial charge in [-0.3, -0.25) is 24.6 Å². The highest BCUT2D eigenvalue weighted by Crippen LogP contribution is 2.22. The molecule has 5 amide bonds. The van der Waals surface area contributed by atoms with Gasteiger partial charge in [0.1, 0.15) is 12.1 Å². The Bertz CT molecular complexity index is 858. The second kappa shape index (κ2) is 8.93. The van der Waals surface area contributed by atoms with Crippen molar-refractivity contribution in [1.29, 1.82) is 0 Å². The van der Waals surface area contributed by atoms with E-state index >= 15 is 0 Å².